The second-order valence-electron chi connectivity index (χ2n) is 0.977. The van der Waals surface area contributed by atoms with E-state index in [1.165, 1.54) is 0 Å². The summed E-state index contributed by atoms with van der Waals surface area (Å²) in [5.41, 5.74) is 8.42. The summed E-state index contributed by atoms with van der Waals surface area (Å²) in [4.78, 5) is 0. The molecule has 0 saturated carbocycles. The molecule has 0 aromatic carbocycles. The monoisotopic (exact) mass is 61.1 g/mol. The molecule has 26 valence electrons. The minimum absolute atomic E-state index is 0.0833. The quantitative estimate of drug-likeness (QED) is 0.330. The van der Waals surface area contributed by atoms with E-state index in [0.29, 0.717) is 0 Å². The van der Waals surface area contributed by atoms with E-state index in [9.17, 15) is 0 Å². The highest BCUT2D eigenvalue weighted by molar-refractivity contribution is 4.13. The van der Waals surface area contributed by atoms with Crippen LogP contribution in [0.1, 0.15) is 6.92 Å². The van der Waals surface area contributed by atoms with Crippen molar-refractivity contribution < 1.29 is 5.73 Å². The lowest BCUT2D eigenvalue weighted by atomic mass is 10.7. The van der Waals surface area contributed by atoms with Crippen LogP contribution in [0.3, 0.4) is 0 Å². The fraction of sp³-hybridized carbons (Fsp3) is 1.00. The van der Waals surface area contributed by atoms with Crippen LogP contribution in [0.4, 0.5) is 0 Å². The molecule has 0 aromatic heterocycles. The van der Waals surface area contributed by atoms with Gasteiger partial charge in [0.2, 0.25) is 0 Å². The largest absolute Gasteiger partial charge is 0.343 e. The molecule has 0 aliphatic rings. The van der Waals surface area contributed by atoms with Gasteiger partial charge in [-0.1, -0.05) is 0 Å². The Morgan fingerprint density at radius 2 is 2.00 bits per heavy atom. The highest BCUT2D eigenvalue weighted by atomic mass is 14.8. The van der Waals surface area contributed by atoms with Gasteiger partial charge in [0.25, 0.3) is 0 Å². The van der Waals surface area contributed by atoms with Crippen molar-refractivity contribution in [3.63, 3.8) is 0 Å². The maximum absolute atomic E-state index is 5.00. The first-order valence-corrected chi connectivity index (χ1v) is 1.32. The molecule has 0 radical (unpaired) electrons. The summed E-state index contributed by atoms with van der Waals surface area (Å²) in [5, 5.41) is 0. The Labute approximate surface area is 25.8 Å². The van der Waals surface area contributed by atoms with Gasteiger partial charge in [0.05, 0.1) is 0 Å². The molecule has 0 heterocycles. The molecule has 4 heavy (non-hydrogen) atoms. The molecule has 2 heteroatoms. The second-order valence-corrected chi connectivity index (χ2v) is 0.977. The van der Waals surface area contributed by atoms with E-state index >= 15 is 0 Å². The Morgan fingerprint density at radius 1 is 2.00 bits per heavy atom. The van der Waals surface area contributed by atoms with Crippen molar-refractivity contribution in [2.45, 2.75) is 13.1 Å². The van der Waals surface area contributed by atoms with E-state index in [2.05, 4.69) is 5.73 Å². The Kier molecular flexibility index (Phi) is 1.24. The number of hydrogen-bond acceptors (Lipinski definition) is 1. The molecule has 2 nitrogen and oxygen atoms in total. The van der Waals surface area contributed by atoms with Gasteiger partial charge in [-0.3, -0.25) is 5.73 Å². The summed E-state index contributed by atoms with van der Waals surface area (Å²) < 4.78 is 0. The van der Waals surface area contributed by atoms with Crippen LogP contribution in [0.25, 0.3) is 0 Å². The number of hydrogen-bond donors (Lipinski definition) is 2. The summed E-state index contributed by atoms with van der Waals surface area (Å²) in [5.74, 6) is 0. The minimum atomic E-state index is 0.0833. The van der Waals surface area contributed by atoms with Gasteiger partial charge < -0.3 is 5.73 Å². The standard InChI is InChI=1S/C2H8N2/c1-2(3)4/h2H,3-4H2,1H3/p+1. The van der Waals surface area contributed by atoms with Crippen molar-refractivity contribution in [2.75, 3.05) is 0 Å². The van der Waals surface area contributed by atoms with Crippen LogP contribution in [0.5, 0.6) is 0 Å². The van der Waals surface area contributed by atoms with Crippen molar-refractivity contribution in [3.8, 4) is 0 Å². The highest BCUT2D eigenvalue weighted by Gasteiger charge is 1.71. The van der Waals surface area contributed by atoms with Gasteiger partial charge in [-0.15, -0.1) is 0 Å². The van der Waals surface area contributed by atoms with Crippen molar-refractivity contribution in [1.82, 2.24) is 0 Å². The maximum atomic E-state index is 5.00. The molecule has 0 rings (SSSR count). The molecule has 5 N–H and O–H groups in total. The third kappa shape index (κ3) is 254. The van der Waals surface area contributed by atoms with Crippen molar-refractivity contribution >= 4 is 0 Å². The van der Waals surface area contributed by atoms with E-state index < -0.39 is 0 Å². The summed E-state index contributed by atoms with van der Waals surface area (Å²) in [6, 6.07) is 0. The molecule has 1 atom stereocenters. The Bertz CT molecular complexity index is 8.75. The van der Waals surface area contributed by atoms with Gasteiger partial charge in [0.1, 0.15) is 6.17 Å². The van der Waals surface area contributed by atoms with Gasteiger partial charge >= 0.3 is 0 Å². The van der Waals surface area contributed by atoms with E-state index in [1.54, 1.807) is 0 Å². The average Bonchev–Trinajstić information content (AvgIpc) is 0.811. The summed E-state index contributed by atoms with van der Waals surface area (Å²) in [6.07, 6.45) is 0.0833. The number of quaternary nitrogens is 1. The van der Waals surface area contributed by atoms with Gasteiger partial charge in [0, 0.05) is 6.92 Å². The molecule has 0 aliphatic heterocycles. The Balaban J connectivity index is 2.32. The zero-order chi connectivity index (χ0) is 3.58. The molecule has 0 bridgehead atoms. The summed E-state index contributed by atoms with van der Waals surface area (Å²) >= 11 is 0. The molecule has 0 spiro atoms. The SMILES string of the molecule is CC(N)[NH3+]. The van der Waals surface area contributed by atoms with Crippen LogP contribution in [0.2, 0.25) is 0 Å². The van der Waals surface area contributed by atoms with Crippen LogP contribution in [-0.2, 0) is 0 Å². The molecule has 0 fully saturated rings. The lowest BCUT2D eigenvalue weighted by Crippen LogP contribution is -2.64. The van der Waals surface area contributed by atoms with Gasteiger partial charge in [0.15, 0.2) is 0 Å². The van der Waals surface area contributed by atoms with Gasteiger partial charge in [-0.25, -0.2) is 0 Å². The second kappa shape index (κ2) is 1.26. The van der Waals surface area contributed by atoms with Crippen LogP contribution < -0.4 is 11.5 Å². The molecule has 0 amide bonds. The summed E-state index contributed by atoms with van der Waals surface area (Å²) in [6.45, 7) is 1.83. The van der Waals surface area contributed by atoms with E-state index in [-0.39, 0.29) is 6.17 Å². The van der Waals surface area contributed by atoms with E-state index in [0.717, 1.165) is 0 Å². The topological polar surface area (TPSA) is 53.7 Å². The van der Waals surface area contributed by atoms with Crippen molar-refractivity contribution in [2.24, 2.45) is 5.73 Å². The number of nitrogens with two attached hydrogens (primary N) is 1. The molecular weight excluding hydrogens is 52.0 g/mol. The van der Waals surface area contributed by atoms with Crippen LogP contribution in [0, 0.1) is 0 Å². The third-order valence-electron chi connectivity index (χ3n) is 0. The number of rotatable bonds is 0. The lowest BCUT2D eigenvalue weighted by Gasteiger charge is -1.78. The third-order valence-corrected chi connectivity index (χ3v) is 0. The zero-order valence-electron chi connectivity index (χ0n) is 2.86. The van der Waals surface area contributed by atoms with Gasteiger partial charge in [-0.05, 0) is 0 Å². The maximum Gasteiger partial charge on any atom is 0.132 e. The molecular formula is C2H9N2+. The lowest BCUT2D eigenvalue weighted by molar-refractivity contribution is -0.412. The molecule has 0 aromatic rings. The first-order valence-electron chi connectivity index (χ1n) is 1.32. The zero-order valence-corrected chi connectivity index (χ0v) is 2.86. The predicted octanol–water partition coefficient (Wildman–Crippen LogP) is -1.47. The smallest absolute Gasteiger partial charge is 0.132 e. The fourth-order valence-corrected chi connectivity index (χ4v) is 0. The first-order chi connectivity index (χ1) is 1.73. The van der Waals surface area contributed by atoms with Gasteiger partial charge in [-0.2, -0.15) is 0 Å². The predicted molar refractivity (Wildman–Crippen MR) is 16.5 cm³/mol. The van der Waals surface area contributed by atoms with Crippen molar-refractivity contribution in [1.29, 1.82) is 0 Å². The van der Waals surface area contributed by atoms with Crippen LogP contribution in [-0.4, -0.2) is 6.17 Å². The van der Waals surface area contributed by atoms with E-state index in [1.807, 2.05) is 6.92 Å². The molecule has 0 saturated heterocycles. The van der Waals surface area contributed by atoms with Crippen LogP contribution in [0.15, 0.2) is 0 Å². The average molecular weight is 61.1 g/mol. The van der Waals surface area contributed by atoms with Crippen molar-refractivity contribution in [3.05, 3.63) is 0 Å². The Morgan fingerprint density at radius 3 is 2.00 bits per heavy atom. The highest BCUT2D eigenvalue weighted by Crippen LogP contribution is 1.35. The molecule has 1 unspecified atom stereocenters. The minimum Gasteiger partial charge on any atom is -0.343 e. The normalized spacial score (nSPS) is 15.8. The molecule has 0 aliphatic carbocycles. The first kappa shape index (κ1) is 3.92. The Hall–Kier alpha value is -0.0800. The van der Waals surface area contributed by atoms with E-state index in [4.69, 9.17) is 5.73 Å². The summed E-state index contributed by atoms with van der Waals surface area (Å²) in [7, 11) is 0. The fourth-order valence-electron chi connectivity index (χ4n) is 0. The van der Waals surface area contributed by atoms with Crippen LogP contribution >= 0.6 is 0 Å².